The molecular formula is C78H178N10O. The van der Waals surface area contributed by atoms with Gasteiger partial charge in [-0.2, -0.15) is 0 Å². The van der Waals surface area contributed by atoms with Crippen molar-refractivity contribution in [3.63, 3.8) is 0 Å². The lowest BCUT2D eigenvalue weighted by atomic mass is 10.0. The second kappa shape index (κ2) is 61.7. The van der Waals surface area contributed by atoms with Crippen LogP contribution in [0, 0.1) is 0 Å². The molecule has 0 amide bonds. The largest absolute Gasteiger partial charge is 0.379 e. The Morgan fingerprint density at radius 2 is 0.506 bits per heavy atom. The van der Waals surface area contributed by atoms with Gasteiger partial charge in [0.15, 0.2) is 0 Å². The van der Waals surface area contributed by atoms with Crippen molar-refractivity contribution in [2.24, 2.45) is 0 Å². The van der Waals surface area contributed by atoms with Gasteiger partial charge in [0.05, 0.1) is 19.5 Å². The Hall–Kier alpha value is -1.15. The van der Waals surface area contributed by atoms with Crippen molar-refractivity contribution in [3.8, 4) is 0 Å². The number of hydrogen-bond acceptors (Lipinski definition) is 10. The lowest BCUT2D eigenvalue weighted by molar-refractivity contribution is -0.00389. The molecule has 0 spiro atoms. The van der Waals surface area contributed by atoms with Crippen LogP contribution in [0.5, 0.6) is 0 Å². The van der Waals surface area contributed by atoms with Crippen LogP contribution >= 0.6 is 0 Å². The van der Waals surface area contributed by atoms with Crippen LogP contribution in [0.1, 0.15) is 340 Å². The highest BCUT2D eigenvalue weighted by atomic mass is 16.5. The average molecular weight is 1270 g/mol. The minimum absolute atomic E-state index is 0.323. The molecule has 0 atom stereocenters. The number of rotatable bonds is 1. The predicted molar refractivity (Wildman–Crippen MR) is 413 cm³/mol. The fraction of sp³-hybridized carbons (Fsp3) is 0.962. The standard InChI is InChI=1S/C10H21N.C9H19N.C8H18N2.C8H17NO.C8H17N.C7H15N.C6H10N2.C6H13N.8C2H6/c1-10(2,3)11-8-6-4-5-7-9-11;1-9(2,3)10-7-5-4-6-8-10;1-8(2,3)10-6-4-9-5-7-10;1-8(2,3)9-4-6-10-7-5-9;1-8(2,3)9-6-4-5-7-9;1-7(2,3)8-5-4-6-8;1-6(2)8-4-3-7-5-8;1-6(2,3)7-4-5-7;8*1-2/h4-9H2,1-3H3;4-8H2,1-3H3;9H,4-7H2,1-3H3;4-7H2,1-3H3;4-7H2,1-3H3;4-6H2,1-3H3;3-6H,1-2H3;4-5H2,1-3H3;8*1-2H3. The number of piperidine rings is 1. The van der Waals surface area contributed by atoms with Crippen LogP contribution in [0.3, 0.4) is 0 Å². The number of ether oxygens (including phenoxy) is 1. The minimum atomic E-state index is 0.323. The molecule has 7 saturated heterocycles. The highest BCUT2D eigenvalue weighted by Gasteiger charge is 2.30. The van der Waals surface area contributed by atoms with E-state index in [9.17, 15) is 0 Å². The van der Waals surface area contributed by atoms with Gasteiger partial charge in [0.1, 0.15) is 0 Å². The lowest BCUT2D eigenvalue weighted by Gasteiger charge is -2.42. The monoisotopic (exact) mass is 1270 g/mol. The maximum absolute atomic E-state index is 5.25. The second-order valence-electron chi connectivity index (χ2n) is 29.1. The van der Waals surface area contributed by atoms with E-state index in [4.69, 9.17) is 4.74 Å². The van der Waals surface area contributed by atoms with Gasteiger partial charge in [0.2, 0.25) is 0 Å². The predicted octanol–water partition coefficient (Wildman–Crippen LogP) is 20.9. The first-order valence-electron chi connectivity index (χ1n) is 38.1. The summed E-state index contributed by atoms with van der Waals surface area (Å²) < 4.78 is 7.31. The van der Waals surface area contributed by atoms with E-state index >= 15 is 0 Å². The molecule has 0 aliphatic carbocycles. The summed E-state index contributed by atoms with van der Waals surface area (Å²) in [6.07, 6.45) is 19.7. The van der Waals surface area contributed by atoms with Gasteiger partial charge in [-0.3, -0.25) is 34.3 Å². The summed E-state index contributed by atoms with van der Waals surface area (Å²) in [5.74, 6) is 0. The van der Waals surface area contributed by atoms with Crippen molar-refractivity contribution in [2.45, 2.75) is 379 Å². The molecule has 7 fully saturated rings. The minimum Gasteiger partial charge on any atom is -0.379 e. The van der Waals surface area contributed by atoms with Crippen LogP contribution in [0.25, 0.3) is 0 Å². The van der Waals surface area contributed by atoms with E-state index in [0.29, 0.717) is 44.8 Å². The number of hydrogen-bond donors (Lipinski definition) is 1. The third-order valence-electron chi connectivity index (χ3n) is 15.3. The molecule has 0 radical (unpaired) electrons. The van der Waals surface area contributed by atoms with Crippen LogP contribution in [0.2, 0.25) is 0 Å². The fourth-order valence-electron chi connectivity index (χ4n) is 9.55. The third-order valence-corrected chi connectivity index (χ3v) is 15.3. The molecule has 1 aromatic rings. The van der Waals surface area contributed by atoms with Crippen molar-refractivity contribution in [3.05, 3.63) is 18.7 Å². The topological polar surface area (TPSA) is 61.5 Å². The first-order chi connectivity index (χ1) is 41.5. The summed E-state index contributed by atoms with van der Waals surface area (Å²) >= 11 is 0. The number of imidazole rings is 1. The van der Waals surface area contributed by atoms with Crippen LogP contribution in [0.4, 0.5) is 0 Å². The number of morpholine rings is 1. The van der Waals surface area contributed by atoms with Gasteiger partial charge in [-0.25, -0.2) is 4.98 Å². The summed E-state index contributed by atoms with van der Waals surface area (Å²) in [5.41, 5.74) is 2.77. The number of likely N-dealkylation sites (tertiary alicyclic amines) is 4. The summed E-state index contributed by atoms with van der Waals surface area (Å²) in [7, 11) is 0. The molecule has 7 aliphatic heterocycles. The molecule has 0 bridgehead atoms. The van der Waals surface area contributed by atoms with Gasteiger partial charge >= 0.3 is 0 Å². The van der Waals surface area contributed by atoms with Crippen LogP contribution in [-0.2, 0) is 4.74 Å². The van der Waals surface area contributed by atoms with Crippen LogP contribution in [-0.4, -0.2) is 201 Å². The number of nitrogens with zero attached hydrogens (tertiary/aromatic N) is 9. The Bertz CT molecular complexity index is 1380. The molecule has 0 aromatic carbocycles. The van der Waals surface area contributed by atoms with Crippen LogP contribution < -0.4 is 5.32 Å². The summed E-state index contributed by atoms with van der Waals surface area (Å²) in [4.78, 5) is 21.5. The Balaban J connectivity index is -0.000000136. The highest BCUT2D eigenvalue weighted by Crippen LogP contribution is 2.23. The molecule has 0 saturated carbocycles. The lowest BCUT2D eigenvalue weighted by Crippen LogP contribution is -2.51. The maximum Gasteiger partial charge on any atom is 0.0948 e. The highest BCUT2D eigenvalue weighted by molar-refractivity contribution is 4.87. The van der Waals surface area contributed by atoms with Gasteiger partial charge in [-0.05, 0) is 257 Å². The quantitative estimate of drug-likeness (QED) is 0.275. The van der Waals surface area contributed by atoms with E-state index < -0.39 is 0 Å². The molecule has 8 heterocycles. The van der Waals surface area contributed by atoms with E-state index in [2.05, 4.69) is 208 Å². The molecular weight excluding hydrogens is 1090 g/mol. The van der Waals surface area contributed by atoms with Gasteiger partial charge in [0.25, 0.3) is 0 Å². The van der Waals surface area contributed by atoms with Crippen LogP contribution in [0.15, 0.2) is 18.7 Å². The number of nitrogens with one attached hydrogen (secondary N) is 1. The van der Waals surface area contributed by atoms with Crippen molar-refractivity contribution in [2.75, 3.05) is 118 Å². The van der Waals surface area contributed by atoms with Crippen molar-refractivity contribution in [1.82, 2.24) is 49.2 Å². The molecule has 1 N–H and O–H groups in total. The van der Waals surface area contributed by atoms with E-state index in [0.717, 1.165) is 39.4 Å². The van der Waals surface area contributed by atoms with Gasteiger partial charge in [-0.15, -0.1) is 0 Å². The van der Waals surface area contributed by atoms with E-state index in [-0.39, 0.29) is 0 Å². The third kappa shape index (κ3) is 61.5. The molecule has 11 heteroatoms. The molecule has 11 nitrogen and oxygen atoms in total. The molecule has 0 unspecified atom stereocenters. The molecule has 89 heavy (non-hydrogen) atoms. The summed E-state index contributed by atoms with van der Waals surface area (Å²) in [6.45, 7) is 106. The molecule has 1 aromatic heterocycles. The van der Waals surface area contributed by atoms with E-state index in [1.54, 1.807) is 6.20 Å². The zero-order valence-electron chi connectivity index (χ0n) is 69.5. The van der Waals surface area contributed by atoms with Gasteiger partial charge < -0.3 is 14.6 Å². The zero-order valence-corrected chi connectivity index (χ0v) is 69.5. The zero-order chi connectivity index (χ0) is 71.7. The average Bonchev–Trinajstić information content (AvgIpc) is 4.20. The van der Waals surface area contributed by atoms with Crippen molar-refractivity contribution in [1.29, 1.82) is 0 Å². The van der Waals surface area contributed by atoms with Crippen molar-refractivity contribution >= 4 is 0 Å². The molecule has 8 rings (SSSR count). The molecule has 546 valence electrons. The van der Waals surface area contributed by atoms with E-state index in [1.165, 1.54) is 143 Å². The Labute approximate surface area is 566 Å². The van der Waals surface area contributed by atoms with E-state index in [1.807, 2.05) is 123 Å². The second-order valence-corrected chi connectivity index (χ2v) is 29.1. The normalized spacial score (nSPS) is 18.3. The Kier molecular flexibility index (Phi) is 72.1. The van der Waals surface area contributed by atoms with Crippen molar-refractivity contribution < 1.29 is 4.74 Å². The first-order valence-corrected chi connectivity index (χ1v) is 38.1. The maximum atomic E-state index is 5.25. The van der Waals surface area contributed by atoms with Gasteiger partial charge in [0, 0.05) is 110 Å². The SMILES string of the molecule is CC.CC.CC.CC.CC.CC.CC.CC.CC(C)(C)N1CC1.CC(C)(C)N1CCC1.CC(C)(C)N1CCCC1.CC(C)(C)N1CCCCC1.CC(C)(C)N1CCCCCC1.CC(C)(C)N1CCNCC1.CC(C)(C)N1CCOCC1.CC(C)n1ccnc1. The number of aromatic nitrogens is 2. The molecule has 7 aliphatic rings. The Morgan fingerprint density at radius 1 is 0.292 bits per heavy atom. The smallest absolute Gasteiger partial charge is 0.0948 e. The first kappa shape index (κ1) is 104. The van der Waals surface area contributed by atoms with Gasteiger partial charge in [-0.1, -0.05) is 130 Å². The Morgan fingerprint density at radius 3 is 0.663 bits per heavy atom. The summed E-state index contributed by atoms with van der Waals surface area (Å²) in [6, 6.07) is 0.539. The number of piperazine rings is 1. The fourth-order valence-corrected chi connectivity index (χ4v) is 9.55. The summed E-state index contributed by atoms with van der Waals surface area (Å²) in [5, 5.41) is 3.35.